The lowest BCUT2D eigenvalue weighted by Gasteiger charge is -2.15. The number of rotatable bonds is 4. The molecule has 0 spiro atoms. The summed E-state index contributed by atoms with van der Waals surface area (Å²) in [4.78, 5) is 26.4. The summed E-state index contributed by atoms with van der Waals surface area (Å²) in [6.45, 7) is 1.94. The number of imide groups is 1. The van der Waals surface area contributed by atoms with Gasteiger partial charge >= 0.3 is 0 Å². The maximum absolute atomic E-state index is 12.6. The normalized spacial score (nSPS) is 16.5. The van der Waals surface area contributed by atoms with Crippen molar-refractivity contribution in [2.45, 2.75) is 6.92 Å². The third-order valence-electron chi connectivity index (χ3n) is 3.70. The zero-order valence-electron chi connectivity index (χ0n) is 13.0. The number of hydrogen-bond donors (Lipinski definition) is 1. The van der Waals surface area contributed by atoms with Crippen molar-refractivity contribution >= 4 is 45.8 Å². The van der Waals surface area contributed by atoms with Crippen LogP contribution >= 0.6 is 23.4 Å². The summed E-state index contributed by atoms with van der Waals surface area (Å²) in [5, 5.41) is 3.29. The Hall–Kier alpha value is -2.24. The first-order valence-electron chi connectivity index (χ1n) is 7.36. The Kier molecular flexibility index (Phi) is 4.92. The molecule has 2 amide bonds. The number of benzene rings is 2. The van der Waals surface area contributed by atoms with Crippen LogP contribution in [-0.2, 0) is 4.79 Å². The first-order valence-corrected chi connectivity index (χ1v) is 8.55. The van der Waals surface area contributed by atoms with E-state index in [0.717, 1.165) is 22.9 Å². The monoisotopic (exact) mass is 358 g/mol. The van der Waals surface area contributed by atoms with Crippen LogP contribution < -0.4 is 5.32 Å². The highest BCUT2D eigenvalue weighted by Gasteiger charge is 2.36. The Bertz CT molecular complexity index is 821. The van der Waals surface area contributed by atoms with Crippen molar-refractivity contribution in [3.8, 4) is 0 Å². The summed E-state index contributed by atoms with van der Waals surface area (Å²) < 4.78 is 0. The van der Waals surface area contributed by atoms with Crippen LogP contribution in [0.1, 0.15) is 12.5 Å². The van der Waals surface area contributed by atoms with Gasteiger partial charge in [0.1, 0.15) is 0 Å². The van der Waals surface area contributed by atoms with E-state index in [2.05, 4.69) is 5.32 Å². The predicted molar refractivity (Wildman–Crippen MR) is 98.8 cm³/mol. The van der Waals surface area contributed by atoms with Crippen molar-refractivity contribution in [3.05, 3.63) is 70.1 Å². The lowest BCUT2D eigenvalue weighted by molar-refractivity contribution is -0.122. The zero-order chi connectivity index (χ0) is 17.1. The second-order valence-corrected chi connectivity index (χ2v) is 6.60. The van der Waals surface area contributed by atoms with Crippen LogP contribution in [0, 0.1) is 0 Å². The third-order valence-corrected chi connectivity index (χ3v) is 5.11. The standard InChI is InChI=1S/C18H15ClN2O2S/c1-12(13-7-3-2-4-8-13)16-17(22)21(18(23)24-16)11-20-15-10-6-5-9-14(15)19/h2-10,20H,11H2,1H3/b16-12+. The number of carbonyl (C=O) groups excluding carboxylic acids is 2. The number of nitrogens with one attached hydrogen (secondary N) is 1. The molecule has 0 unspecified atom stereocenters. The van der Waals surface area contributed by atoms with Crippen molar-refractivity contribution in [1.29, 1.82) is 0 Å². The second-order valence-electron chi connectivity index (χ2n) is 5.24. The minimum atomic E-state index is -0.287. The molecule has 0 saturated carbocycles. The highest BCUT2D eigenvalue weighted by Crippen LogP contribution is 2.36. The summed E-state index contributed by atoms with van der Waals surface area (Å²) in [6, 6.07) is 16.8. The number of allylic oxidation sites excluding steroid dienone is 1. The van der Waals surface area contributed by atoms with E-state index in [1.165, 1.54) is 4.90 Å². The molecule has 0 radical (unpaired) electrons. The number of hydrogen-bond acceptors (Lipinski definition) is 4. The van der Waals surface area contributed by atoms with Crippen molar-refractivity contribution in [3.63, 3.8) is 0 Å². The van der Waals surface area contributed by atoms with Crippen molar-refractivity contribution in [2.75, 3.05) is 12.0 Å². The molecule has 1 aliphatic heterocycles. The van der Waals surface area contributed by atoms with Crippen LogP contribution in [0.15, 0.2) is 59.5 Å². The molecule has 1 N–H and O–H groups in total. The Morgan fingerprint density at radius 2 is 1.75 bits per heavy atom. The fourth-order valence-electron chi connectivity index (χ4n) is 2.35. The molecule has 4 nitrogen and oxygen atoms in total. The molecule has 1 heterocycles. The smallest absolute Gasteiger partial charge is 0.295 e. The minimum Gasteiger partial charge on any atom is -0.366 e. The second kappa shape index (κ2) is 7.11. The molecule has 1 aliphatic rings. The van der Waals surface area contributed by atoms with Gasteiger partial charge in [0.05, 0.1) is 22.3 Å². The molecule has 24 heavy (non-hydrogen) atoms. The number of anilines is 1. The average Bonchev–Trinajstić information content (AvgIpc) is 2.89. The van der Waals surface area contributed by atoms with Gasteiger partial charge in [-0.05, 0) is 42.0 Å². The van der Waals surface area contributed by atoms with E-state index in [-0.39, 0.29) is 17.8 Å². The van der Waals surface area contributed by atoms with E-state index in [4.69, 9.17) is 11.6 Å². The lowest BCUT2D eigenvalue weighted by atomic mass is 10.1. The van der Waals surface area contributed by atoms with Crippen LogP contribution in [-0.4, -0.2) is 22.7 Å². The van der Waals surface area contributed by atoms with Gasteiger partial charge in [-0.25, -0.2) is 0 Å². The summed E-state index contributed by atoms with van der Waals surface area (Å²) in [7, 11) is 0. The number of carbonyl (C=O) groups is 2. The summed E-state index contributed by atoms with van der Waals surface area (Å²) in [5.74, 6) is -0.286. The molecule has 0 aliphatic carbocycles. The van der Waals surface area contributed by atoms with Gasteiger partial charge < -0.3 is 5.32 Å². The fourth-order valence-corrected chi connectivity index (χ4v) is 3.46. The van der Waals surface area contributed by atoms with E-state index in [1.54, 1.807) is 12.1 Å². The first-order chi connectivity index (χ1) is 11.6. The van der Waals surface area contributed by atoms with Gasteiger partial charge in [0.15, 0.2) is 0 Å². The molecule has 3 rings (SSSR count). The largest absolute Gasteiger partial charge is 0.366 e. The van der Waals surface area contributed by atoms with Gasteiger partial charge in [0.2, 0.25) is 0 Å². The number of halogens is 1. The quantitative estimate of drug-likeness (QED) is 0.795. The van der Waals surface area contributed by atoms with E-state index in [0.29, 0.717) is 15.6 Å². The number of para-hydroxylation sites is 1. The topological polar surface area (TPSA) is 49.4 Å². The van der Waals surface area contributed by atoms with E-state index in [9.17, 15) is 9.59 Å². The summed E-state index contributed by atoms with van der Waals surface area (Å²) in [6.07, 6.45) is 0. The zero-order valence-corrected chi connectivity index (χ0v) is 14.5. The molecular weight excluding hydrogens is 344 g/mol. The first kappa shape index (κ1) is 16.6. The Morgan fingerprint density at radius 3 is 2.46 bits per heavy atom. The molecule has 2 aromatic carbocycles. The molecule has 6 heteroatoms. The summed E-state index contributed by atoms with van der Waals surface area (Å²) >= 11 is 7.04. The summed E-state index contributed by atoms with van der Waals surface area (Å²) in [5.41, 5.74) is 2.42. The van der Waals surface area contributed by atoms with Crippen molar-refractivity contribution < 1.29 is 9.59 Å². The van der Waals surface area contributed by atoms with Crippen LogP contribution in [0.3, 0.4) is 0 Å². The van der Waals surface area contributed by atoms with Crippen LogP contribution in [0.5, 0.6) is 0 Å². The lowest BCUT2D eigenvalue weighted by Crippen LogP contribution is -2.33. The Balaban J connectivity index is 1.78. The molecule has 1 fully saturated rings. The van der Waals surface area contributed by atoms with Crippen LogP contribution in [0.2, 0.25) is 5.02 Å². The highest BCUT2D eigenvalue weighted by atomic mass is 35.5. The number of nitrogens with zero attached hydrogens (tertiary/aromatic N) is 1. The van der Waals surface area contributed by atoms with Gasteiger partial charge in [0.25, 0.3) is 11.1 Å². The third kappa shape index (κ3) is 3.32. The molecule has 0 atom stereocenters. The molecule has 1 saturated heterocycles. The predicted octanol–water partition coefficient (Wildman–Crippen LogP) is 4.84. The number of thioether (sulfide) groups is 1. The van der Waals surface area contributed by atoms with Gasteiger partial charge in [-0.15, -0.1) is 0 Å². The van der Waals surface area contributed by atoms with Crippen molar-refractivity contribution in [1.82, 2.24) is 4.90 Å². The SMILES string of the molecule is C/C(=C1\SC(=O)N(CNc2ccccc2Cl)C1=O)c1ccccc1. The van der Waals surface area contributed by atoms with E-state index in [1.807, 2.05) is 49.4 Å². The van der Waals surface area contributed by atoms with Crippen LogP contribution in [0.25, 0.3) is 5.57 Å². The Labute approximate surface area is 149 Å². The number of amides is 2. The van der Waals surface area contributed by atoms with Gasteiger partial charge in [-0.1, -0.05) is 54.1 Å². The van der Waals surface area contributed by atoms with Gasteiger partial charge in [-0.2, -0.15) is 0 Å². The molecule has 0 bridgehead atoms. The molecule has 2 aromatic rings. The maximum atomic E-state index is 12.6. The molecular formula is C18H15ClN2O2S. The molecule has 0 aromatic heterocycles. The van der Waals surface area contributed by atoms with E-state index < -0.39 is 0 Å². The fraction of sp³-hybridized carbons (Fsp3) is 0.111. The highest BCUT2D eigenvalue weighted by molar-refractivity contribution is 8.18. The van der Waals surface area contributed by atoms with Crippen LogP contribution in [0.4, 0.5) is 10.5 Å². The molecule has 122 valence electrons. The van der Waals surface area contributed by atoms with Gasteiger partial charge in [0, 0.05) is 0 Å². The average molecular weight is 359 g/mol. The Morgan fingerprint density at radius 1 is 1.08 bits per heavy atom. The van der Waals surface area contributed by atoms with Gasteiger partial charge in [-0.3, -0.25) is 14.5 Å². The minimum absolute atomic E-state index is 0.0833. The van der Waals surface area contributed by atoms with E-state index >= 15 is 0 Å². The maximum Gasteiger partial charge on any atom is 0.295 e. The van der Waals surface area contributed by atoms with Crippen molar-refractivity contribution in [2.24, 2.45) is 0 Å².